The monoisotopic (exact) mass is 232 g/mol. The van der Waals surface area contributed by atoms with Crippen molar-refractivity contribution in [1.82, 2.24) is 4.98 Å². The van der Waals surface area contributed by atoms with Crippen molar-refractivity contribution in [3.8, 4) is 0 Å². The molecule has 1 aromatic heterocycles. The third kappa shape index (κ3) is 2.05. The van der Waals surface area contributed by atoms with E-state index in [9.17, 15) is 14.7 Å². The molecule has 88 valence electrons. The SMILES string of the molecule is NC(=O)C(CO)c1cc(=O)[nH]c2ccccc12. The van der Waals surface area contributed by atoms with Crippen molar-refractivity contribution in [2.75, 3.05) is 6.61 Å². The number of aromatic nitrogens is 1. The molecular weight excluding hydrogens is 220 g/mol. The molecular formula is C12H12N2O3. The fraction of sp³-hybridized carbons (Fsp3) is 0.167. The predicted octanol–water partition coefficient (Wildman–Crippen LogP) is 0.0893. The summed E-state index contributed by atoms with van der Waals surface area (Å²) < 4.78 is 0. The Morgan fingerprint density at radius 3 is 2.76 bits per heavy atom. The number of nitrogens with two attached hydrogens (primary N) is 1. The van der Waals surface area contributed by atoms with Crippen molar-refractivity contribution < 1.29 is 9.90 Å². The topological polar surface area (TPSA) is 96.2 Å². The number of para-hydroxylation sites is 1. The zero-order valence-electron chi connectivity index (χ0n) is 9.01. The van der Waals surface area contributed by atoms with Gasteiger partial charge in [-0.25, -0.2) is 0 Å². The van der Waals surface area contributed by atoms with Crippen molar-refractivity contribution in [1.29, 1.82) is 0 Å². The van der Waals surface area contributed by atoms with Crippen LogP contribution in [0.1, 0.15) is 11.5 Å². The normalized spacial score (nSPS) is 12.5. The van der Waals surface area contributed by atoms with Gasteiger partial charge in [0.05, 0.1) is 12.5 Å². The third-order valence-corrected chi connectivity index (χ3v) is 2.68. The highest BCUT2D eigenvalue weighted by Gasteiger charge is 2.19. The molecule has 0 saturated heterocycles. The van der Waals surface area contributed by atoms with Crippen LogP contribution in [0, 0.1) is 0 Å². The van der Waals surface area contributed by atoms with Crippen LogP contribution in [0.2, 0.25) is 0 Å². The van der Waals surface area contributed by atoms with Crippen LogP contribution < -0.4 is 11.3 Å². The maximum absolute atomic E-state index is 11.5. The molecule has 5 nitrogen and oxygen atoms in total. The van der Waals surface area contributed by atoms with E-state index in [4.69, 9.17) is 5.73 Å². The summed E-state index contributed by atoms with van der Waals surface area (Å²) in [7, 11) is 0. The van der Waals surface area contributed by atoms with Gasteiger partial charge in [-0.3, -0.25) is 9.59 Å². The van der Waals surface area contributed by atoms with Gasteiger partial charge in [-0.2, -0.15) is 0 Å². The number of amides is 1. The molecule has 4 N–H and O–H groups in total. The van der Waals surface area contributed by atoms with Crippen molar-refractivity contribution in [3.05, 3.63) is 46.2 Å². The standard InChI is InChI=1S/C12H12N2O3/c13-12(17)9(6-15)8-5-11(16)14-10-4-2-1-3-7(8)10/h1-5,9,15H,6H2,(H2,13,17)(H,14,16). The zero-order valence-corrected chi connectivity index (χ0v) is 9.01. The summed E-state index contributed by atoms with van der Waals surface area (Å²) in [5.41, 5.74) is 5.97. The number of hydrogen-bond donors (Lipinski definition) is 3. The lowest BCUT2D eigenvalue weighted by Gasteiger charge is -2.12. The molecule has 5 heteroatoms. The summed E-state index contributed by atoms with van der Waals surface area (Å²) in [4.78, 5) is 25.4. The minimum absolute atomic E-state index is 0.321. The van der Waals surface area contributed by atoms with Crippen LogP contribution in [0.4, 0.5) is 0 Å². The summed E-state index contributed by atoms with van der Waals surface area (Å²) in [6, 6.07) is 8.37. The van der Waals surface area contributed by atoms with Gasteiger partial charge in [0.1, 0.15) is 0 Å². The van der Waals surface area contributed by atoms with E-state index in [1.54, 1.807) is 24.3 Å². The molecule has 2 rings (SSSR count). The lowest BCUT2D eigenvalue weighted by Crippen LogP contribution is -2.25. The molecule has 1 heterocycles. The fourth-order valence-corrected chi connectivity index (χ4v) is 1.86. The van der Waals surface area contributed by atoms with E-state index < -0.39 is 18.4 Å². The maximum Gasteiger partial charge on any atom is 0.248 e. The second-order valence-electron chi connectivity index (χ2n) is 3.77. The number of aliphatic hydroxyl groups is 1. The van der Waals surface area contributed by atoms with Gasteiger partial charge < -0.3 is 15.8 Å². The lowest BCUT2D eigenvalue weighted by atomic mass is 9.96. The molecule has 0 radical (unpaired) electrons. The third-order valence-electron chi connectivity index (χ3n) is 2.68. The van der Waals surface area contributed by atoms with Crippen LogP contribution in [-0.2, 0) is 4.79 Å². The number of carbonyl (C=O) groups excluding carboxylic acids is 1. The first-order valence-corrected chi connectivity index (χ1v) is 5.15. The van der Waals surface area contributed by atoms with Crippen LogP contribution in [0.5, 0.6) is 0 Å². The Morgan fingerprint density at radius 1 is 1.41 bits per heavy atom. The Labute approximate surface area is 96.9 Å². The summed E-state index contributed by atoms with van der Waals surface area (Å²) in [5.74, 6) is -1.51. The van der Waals surface area contributed by atoms with Crippen LogP contribution in [0.15, 0.2) is 35.1 Å². The van der Waals surface area contributed by atoms with Gasteiger partial charge in [0.2, 0.25) is 11.5 Å². The number of aromatic amines is 1. The van der Waals surface area contributed by atoms with E-state index in [0.717, 1.165) is 0 Å². The van der Waals surface area contributed by atoms with Gasteiger partial charge in [0, 0.05) is 17.0 Å². The largest absolute Gasteiger partial charge is 0.395 e. The molecule has 0 aliphatic heterocycles. The Hall–Kier alpha value is -2.14. The minimum atomic E-state index is -0.859. The van der Waals surface area contributed by atoms with Crippen molar-refractivity contribution in [2.24, 2.45) is 5.73 Å². The van der Waals surface area contributed by atoms with Crippen LogP contribution in [0.25, 0.3) is 10.9 Å². The molecule has 0 aliphatic rings. The number of hydrogen-bond acceptors (Lipinski definition) is 3. The Bertz CT molecular complexity index is 618. The second kappa shape index (κ2) is 4.39. The average Bonchev–Trinajstić information content (AvgIpc) is 2.29. The van der Waals surface area contributed by atoms with Gasteiger partial charge in [-0.15, -0.1) is 0 Å². The molecule has 0 spiro atoms. The molecule has 0 saturated carbocycles. The number of pyridine rings is 1. The van der Waals surface area contributed by atoms with E-state index in [1.807, 2.05) is 0 Å². The van der Waals surface area contributed by atoms with Crippen LogP contribution >= 0.6 is 0 Å². The molecule has 0 bridgehead atoms. The number of benzene rings is 1. The molecule has 1 atom stereocenters. The number of rotatable bonds is 3. The smallest absolute Gasteiger partial charge is 0.248 e. The first-order valence-electron chi connectivity index (χ1n) is 5.15. The lowest BCUT2D eigenvalue weighted by molar-refractivity contribution is -0.120. The highest BCUT2D eigenvalue weighted by atomic mass is 16.3. The zero-order chi connectivity index (χ0) is 12.4. The molecule has 1 amide bonds. The van der Waals surface area contributed by atoms with Gasteiger partial charge in [0.25, 0.3) is 0 Å². The minimum Gasteiger partial charge on any atom is -0.395 e. The Morgan fingerprint density at radius 2 is 2.12 bits per heavy atom. The number of aliphatic hydroxyl groups excluding tert-OH is 1. The van der Waals surface area contributed by atoms with Crippen LogP contribution in [0.3, 0.4) is 0 Å². The molecule has 0 aliphatic carbocycles. The van der Waals surface area contributed by atoms with E-state index in [2.05, 4.69) is 4.98 Å². The molecule has 17 heavy (non-hydrogen) atoms. The van der Waals surface area contributed by atoms with Crippen LogP contribution in [-0.4, -0.2) is 22.6 Å². The number of carbonyl (C=O) groups is 1. The predicted molar refractivity (Wildman–Crippen MR) is 63.6 cm³/mol. The number of H-pyrrole nitrogens is 1. The van der Waals surface area contributed by atoms with E-state index in [-0.39, 0.29) is 5.56 Å². The summed E-state index contributed by atoms with van der Waals surface area (Å²) >= 11 is 0. The Kier molecular flexibility index (Phi) is 2.93. The van der Waals surface area contributed by atoms with Gasteiger partial charge in [-0.05, 0) is 11.6 Å². The first kappa shape index (κ1) is 11.3. The molecule has 1 unspecified atom stereocenters. The molecule has 0 fully saturated rings. The molecule has 1 aromatic carbocycles. The average molecular weight is 232 g/mol. The number of nitrogens with one attached hydrogen (secondary N) is 1. The highest BCUT2D eigenvalue weighted by Crippen LogP contribution is 2.22. The van der Waals surface area contributed by atoms with E-state index in [0.29, 0.717) is 16.5 Å². The number of fused-ring (bicyclic) bond motifs is 1. The second-order valence-corrected chi connectivity index (χ2v) is 3.77. The van der Waals surface area contributed by atoms with Crippen molar-refractivity contribution in [2.45, 2.75) is 5.92 Å². The summed E-state index contributed by atoms with van der Waals surface area (Å²) in [6.07, 6.45) is 0. The van der Waals surface area contributed by atoms with E-state index >= 15 is 0 Å². The van der Waals surface area contributed by atoms with Gasteiger partial charge in [-0.1, -0.05) is 18.2 Å². The first-order chi connectivity index (χ1) is 8.13. The summed E-state index contributed by atoms with van der Waals surface area (Å²) in [5, 5.41) is 9.90. The van der Waals surface area contributed by atoms with E-state index in [1.165, 1.54) is 6.07 Å². The number of primary amides is 1. The molecule has 2 aromatic rings. The fourth-order valence-electron chi connectivity index (χ4n) is 1.86. The van der Waals surface area contributed by atoms with Crippen molar-refractivity contribution in [3.63, 3.8) is 0 Å². The van der Waals surface area contributed by atoms with Crippen molar-refractivity contribution >= 4 is 16.8 Å². The van der Waals surface area contributed by atoms with Gasteiger partial charge in [0.15, 0.2) is 0 Å². The summed E-state index contributed by atoms with van der Waals surface area (Å²) in [6.45, 7) is -0.414. The maximum atomic E-state index is 11.5. The van der Waals surface area contributed by atoms with Gasteiger partial charge >= 0.3 is 0 Å². The Balaban J connectivity index is 2.75. The quantitative estimate of drug-likeness (QED) is 0.699. The highest BCUT2D eigenvalue weighted by molar-refractivity contribution is 5.90.